The van der Waals surface area contributed by atoms with Crippen LogP contribution in [-0.2, 0) is 4.74 Å². The number of carbonyl (C=O) groups excluding carboxylic acids is 1. The average Bonchev–Trinajstić information content (AvgIpc) is 2.92. The Morgan fingerprint density at radius 3 is 2.72 bits per heavy atom. The average molecular weight is 344 g/mol. The first-order chi connectivity index (χ1) is 11.8. The molecule has 0 spiro atoms. The largest absolute Gasteiger partial charge is 0.444 e. The van der Waals surface area contributed by atoms with Crippen LogP contribution in [-0.4, -0.2) is 26.8 Å². The van der Waals surface area contributed by atoms with E-state index in [0.717, 1.165) is 30.4 Å². The Hall–Kier alpha value is -2.44. The Morgan fingerprint density at radius 1 is 1.36 bits per heavy atom. The molecule has 3 rings (SSSR count). The molecule has 0 radical (unpaired) electrons. The molecule has 1 saturated carbocycles. The molecule has 2 aromatic rings. The first-order valence-corrected chi connectivity index (χ1v) is 8.57. The zero-order chi connectivity index (χ0) is 18.0. The standard InChI is InChI=1S/C18H24N4O3/c1-11-8-13(10-19-9-11)15-21-16(25-22-15)14(12-6-5-7-12)20-17(23)24-18(2,3)4/h8-10,12,14H,5-7H2,1-4H3,(H,20,23). The quantitative estimate of drug-likeness (QED) is 0.907. The fraction of sp³-hybridized carbons (Fsp3) is 0.556. The number of aryl methyl sites for hydroxylation is 1. The predicted octanol–water partition coefficient (Wildman–Crippen LogP) is 3.81. The van der Waals surface area contributed by atoms with Gasteiger partial charge in [0.1, 0.15) is 11.6 Å². The number of amides is 1. The number of carbonyl (C=O) groups is 1. The molecule has 1 aliphatic carbocycles. The maximum absolute atomic E-state index is 12.2. The number of rotatable bonds is 4. The molecule has 7 nitrogen and oxygen atoms in total. The molecule has 1 amide bonds. The highest BCUT2D eigenvalue weighted by Crippen LogP contribution is 2.37. The minimum Gasteiger partial charge on any atom is -0.444 e. The number of nitrogens with one attached hydrogen (secondary N) is 1. The summed E-state index contributed by atoms with van der Waals surface area (Å²) in [6.07, 6.45) is 6.17. The minimum atomic E-state index is -0.554. The Bertz CT molecular complexity index is 747. The van der Waals surface area contributed by atoms with E-state index in [1.807, 2.05) is 33.8 Å². The maximum Gasteiger partial charge on any atom is 0.408 e. The summed E-state index contributed by atoms with van der Waals surface area (Å²) < 4.78 is 10.8. The van der Waals surface area contributed by atoms with Gasteiger partial charge < -0.3 is 14.6 Å². The van der Waals surface area contributed by atoms with Crippen molar-refractivity contribution in [3.63, 3.8) is 0 Å². The van der Waals surface area contributed by atoms with E-state index >= 15 is 0 Å². The van der Waals surface area contributed by atoms with Crippen LogP contribution in [0.25, 0.3) is 11.4 Å². The summed E-state index contributed by atoms with van der Waals surface area (Å²) in [7, 11) is 0. The Labute approximate surface area is 147 Å². The lowest BCUT2D eigenvalue weighted by atomic mass is 9.79. The first-order valence-electron chi connectivity index (χ1n) is 8.57. The van der Waals surface area contributed by atoms with Gasteiger partial charge in [-0.25, -0.2) is 4.79 Å². The van der Waals surface area contributed by atoms with E-state index in [9.17, 15) is 4.79 Å². The lowest BCUT2D eigenvalue weighted by Gasteiger charge is -2.32. The van der Waals surface area contributed by atoms with Crippen LogP contribution in [0, 0.1) is 12.8 Å². The third-order valence-electron chi connectivity index (χ3n) is 4.13. The van der Waals surface area contributed by atoms with Crippen molar-refractivity contribution in [2.45, 2.75) is 58.6 Å². The van der Waals surface area contributed by atoms with Crippen molar-refractivity contribution in [2.24, 2.45) is 5.92 Å². The summed E-state index contributed by atoms with van der Waals surface area (Å²) in [6.45, 7) is 7.46. The zero-order valence-electron chi connectivity index (χ0n) is 15.1. The van der Waals surface area contributed by atoms with Gasteiger partial charge in [-0.2, -0.15) is 4.98 Å². The Kier molecular flexibility index (Phi) is 4.74. The van der Waals surface area contributed by atoms with Crippen LogP contribution in [0.3, 0.4) is 0 Å². The van der Waals surface area contributed by atoms with Crippen molar-refractivity contribution in [3.05, 3.63) is 29.9 Å². The third-order valence-corrected chi connectivity index (χ3v) is 4.13. The van der Waals surface area contributed by atoms with Gasteiger partial charge in [0.2, 0.25) is 11.7 Å². The predicted molar refractivity (Wildman–Crippen MR) is 91.7 cm³/mol. The number of hydrogen-bond donors (Lipinski definition) is 1. The van der Waals surface area contributed by atoms with Crippen LogP contribution >= 0.6 is 0 Å². The monoisotopic (exact) mass is 344 g/mol. The van der Waals surface area contributed by atoms with E-state index in [2.05, 4.69) is 20.4 Å². The van der Waals surface area contributed by atoms with Crippen LogP contribution in [0.1, 0.15) is 57.5 Å². The fourth-order valence-corrected chi connectivity index (χ4v) is 2.74. The van der Waals surface area contributed by atoms with Crippen LogP contribution in [0.4, 0.5) is 4.79 Å². The van der Waals surface area contributed by atoms with Gasteiger partial charge in [-0.05, 0) is 58.1 Å². The SMILES string of the molecule is Cc1cncc(-c2noc(C(NC(=O)OC(C)(C)C)C3CCC3)n2)c1. The van der Waals surface area contributed by atoms with Gasteiger partial charge in [-0.3, -0.25) is 4.98 Å². The van der Waals surface area contributed by atoms with Crippen LogP contribution < -0.4 is 5.32 Å². The van der Waals surface area contributed by atoms with E-state index in [1.54, 1.807) is 12.4 Å². The number of aromatic nitrogens is 3. The summed E-state index contributed by atoms with van der Waals surface area (Å²) >= 11 is 0. The molecule has 2 heterocycles. The summed E-state index contributed by atoms with van der Waals surface area (Å²) in [4.78, 5) is 20.8. The summed E-state index contributed by atoms with van der Waals surface area (Å²) in [6, 6.07) is 1.61. The van der Waals surface area contributed by atoms with Crippen LogP contribution in [0.15, 0.2) is 23.0 Å². The molecule has 0 saturated heterocycles. The smallest absolute Gasteiger partial charge is 0.408 e. The first kappa shape index (κ1) is 17.4. The van der Waals surface area contributed by atoms with Crippen LogP contribution in [0.2, 0.25) is 0 Å². The van der Waals surface area contributed by atoms with E-state index in [-0.39, 0.29) is 12.0 Å². The van der Waals surface area contributed by atoms with Gasteiger partial charge in [0.05, 0.1) is 0 Å². The molecule has 1 unspecified atom stereocenters. The molecular formula is C18H24N4O3. The molecule has 25 heavy (non-hydrogen) atoms. The van der Waals surface area contributed by atoms with Gasteiger partial charge in [-0.15, -0.1) is 0 Å². The second kappa shape index (κ2) is 6.82. The highest BCUT2D eigenvalue weighted by molar-refractivity contribution is 5.68. The van der Waals surface area contributed by atoms with Crippen molar-refractivity contribution in [2.75, 3.05) is 0 Å². The van der Waals surface area contributed by atoms with Crippen molar-refractivity contribution in [1.82, 2.24) is 20.4 Å². The van der Waals surface area contributed by atoms with Crippen molar-refractivity contribution in [1.29, 1.82) is 0 Å². The molecule has 1 aliphatic rings. The zero-order valence-corrected chi connectivity index (χ0v) is 15.1. The van der Waals surface area contributed by atoms with Gasteiger partial charge in [-0.1, -0.05) is 11.6 Å². The van der Waals surface area contributed by atoms with Gasteiger partial charge >= 0.3 is 6.09 Å². The maximum atomic E-state index is 12.2. The third kappa shape index (κ3) is 4.35. The minimum absolute atomic E-state index is 0.288. The summed E-state index contributed by atoms with van der Waals surface area (Å²) in [5.74, 6) is 1.17. The van der Waals surface area contributed by atoms with Gasteiger partial charge in [0.25, 0.3) is 0 Å². The highest BCUT2D eigenvalue weighted by Gasteiger charge is 2.35. The van der Waals surface area contributed by atoms with E-state index in [1.165, 1.54) is 0 Å². The molecule has 0 bridgehead atoms. The molecule has 0 aliphatic heterocycles. The molecule has 1 fully saturated rings. The van der Waals surface area contributed by atoms with Gasteiger partial charge in [0, 0.05) is 18.0 Å². The number of nitrogens with zero attached hydrogens (tertiary/aromatic N) is 3. The lowest BCUT2D eigenvalue weighted by Crippen LogP contribution is -2.39. The number of alkyl carbamates (subject to hydrolysis) is 1. The van der Waals surface area contributed by atoms with Crippen molar-refractivity contribution >= 4 is 6.09 Å². The molecule has 1 N–H and O–H groups in total. The Morgan fingerprint density at radius 2 is 2.12 bits per heavy atom. The van der Waals surface area contributed by atoms with Crippen molar-refractivity contribution < 1.29 is 14.1 Å². The van der Waals surface area contributed by atoms with E-state index in [0.29, 0.717) is 11.7 Å². The number of pyridine rings is 1. The molecular weight excluding hydrogens is 320 g/mol. The summed E-state index contributed by atoms with van der Waals surface area (Å²) in [5, 5.41) is 6.95. The topological polar surface area (TPSA) is 90.1 Å². The number of hydrogen-bond acceptors (Lipinski definition) is 6. The normalized spacial score (nSPS) is 16.2. The van der Waals surface area contributed by atoms with E-state index < -0.39 is 11.7 Å². The second-order valence-corrected chi connectivity index (χ2v) is 7.52. The van der Waals surface area contributed by atoms with Crippen molar-refractivity contribution in [3.8, 4) is 11.4 Å². The molecule has 134 valence electrons. The molecule has 1 atom stereocenters. The fourth-order valence-electron chi connectivity index (χ4n) is 2.74. The molecule has 7 heteroatoms. The van der Waals surface area contributed by atoms with Gasteiger partial charge in [0.15, 0.2) is 0 Å². The van der Waals surface area contributed by atoms with Crippen LogP contribution in [0.5, 0.6) is 0 Å². The molecule has 0 aromatic carbocycles. The summed E-state index contributed by atoms with van der Waals surface area (Å²) in [5.41, 5.74) is 1.26. The van der Waals surface area contributed by atoms with E-state index in [4.69, 9.17) is 9.26 Å². The highest BCUT2D eigenvalue weighted by atomic mass is 16.6. The lowest BCUT2D eigenvalue weighted by molar-refractivity contribution is 0.0444. The number of ether oxygens (including phenoxy) is 1. The second-order valence-electron chi connectivity index (χ2n) is 7.52. The molecule has 2 aromatic heterocycles. The Balaban J connectivity index is 1.79.